The van der Waals surface area contributed by atoms with Gasteiger partial charge in [-0.25, -0.2) is 4.39 Å². The maximum Gasteiger partial charge on any atom is 0.220 e. The second-order valence-electron chi connectivity index (χ2n) is 6.54. The highest BCUT2D eigenvalue weighted by atomic mass is 19.1. The zero-order valence-corrected chi connectivity index (χ0v) is 12.6. The number of hydrogen-bond donors (Lipinski definition) is 3. The fraction of sp³-hybridized carbons (Fsp3) is 0.588. The van der Waals surface area contributed by atoms with E-state index in [0.717, 1.165) is 12.8 Å². The van der Waals surface area contributed by atoms with Gasteiger partial charge in [0.2, 0.25) is 5.91 Å². The summed E-state index contributed by atoms with van der Waals surface area (Å²) in [4.78, 5) is 12.1. The lowest BCUT2D eigenvalue weighted by Crippen LogP contribution is -2.39. The summed E-state index contributed by atoms with van der Waals surface area (Å²) >= 11 is 0. The molecule has 120 valence electrons. The Labute approximate surface area is 130 Å². The van der Waals surface area contributed by atoms with Gasteiger partial charge < -0.3 is 15.7 Å². The van der Waals surface area contributed by atoms with Gasteiger partial charge in [0.15, 0.2) is 0 Å². The van der Waals surface area contributed by atoms with Crippen LogP contribution in [-0.4, -0.2) is 23.1 Å². The van der Waals surface area contributed by atoms with Crippen molar-refractivity contribution in [1.82, 2.24) is 10.6 Å². The molecule has 0 aliphatic carbocycles. The van der Waals surface area contributed by atoms with E-state index in [1.54, 1.807) is 12.1 Å². The first-order valence-corrected chi connectivity index (χ1v) is 8.05. The number of amides is 1. The minimum absolute atomic E-state index is 0.0398. The minimum atomic E-state index is -0.427. The Bertz CT molecular complexity index is 537. The molecule has 3 N–H and O–H groups in total. The summed E-state index contributed by atoms with van der Waals surface area (Å²) in [7, 11) is 0. The third-order valence-corrected chi connectivity index (χ3v) is 4.82. The summed E-state index contributed by atoms with van der Waals surface area (Å²) in [5.41, 5.74) is 0.994. The molecule has 1 aromatic carbocycles. The fourth-order valence-corrected chi connectivity index (χ4v) is 3.71. The normalized spacial score (nSPS) is 26.9. The van der Waals surface area contributed by atoms with Gasteiger partial charge in [-0.1, -0.05) is 12.1 Å². The van der Waals surface area contributed by atoms with Crippen molar-refractivity contribution < 1.29 is 14.3 Å². The average molecular weight is 306 g/mol. The van der Waals surface area contributed by atoms with Gasteiger partial charge in [-0.05, 0) is 43.2 Å². The molecule has 0 spiro atoms. The van der Waals surface area contributed by atoms with Crippen LogP contribution in [0.15, 0.2) is 18.2 Å². The second kappa shape index (κ2) is 6.75. The molecule has 2 aliphatic heterocycles. The molecule has 5 heteroatoms. The zero-order valence-electron chi connectivity index (χ0n) is 12.6. The molecule has 22 heavy (non-hydrogen) atoms. The first-order valence-electron chi connectivity index (χ1n) is 8.05. The molecule has 2 heterocycles. The van der Waals surface area contributed by atoms with Gasteiger partial charge in [0.05, 0.1) is 6.61 Å². The highest BCUT2D eigenvalue weighted by Gasteiger charge is 2.34. The van der Waals surface area contributed by atoms with Crippen LogP contribution < -0.4 is 10.6 Å². The third kappa shape index (κ3) is 3.65. The van der Waals surface area contributed by atoms with E-state index in [9.17, 15) is 9.18 Å². The van der Waals surface area contributed by atoms with E-state index in [1.807, 2.05) is 0 Å². The molecule has 0 radical (unpaired) electrons. The quantitative estimate of drug-likeness (QED) is 0.778. The molecule has 2 aliphatic rings. The van der Waals surface area contributed by atoms with Gasteiger partial charge in [-0.2, -0.15) is 0 Å². The number of rotatable bonds is 5. The highest BCUT2D eigenvalue weighted by Crippen LogP contribution is 2.32. The maximum absolute atomic E-state index is 13.6. The Kier molecular flexibility index (Phi) is 4.74. The summed E-state index contributed by atoms with van der Waals surface area (Å²) in [6.45, 7) is 0.0236. The van der Waals surface area contributed by atoms with Gasteiger partial charge in [0.1, 0.15) is 5.82 Å². The monoisotopic (exact) mass is 306 g/mol. The van der Waals surface area contributed by atoms with Gasteiger partial charge in [0, 0.05) is 30.6 Å². The number of nitrogens with one attached hydrogen (secondary N) is 2. The molecule has 2 saturated heterocycles. The third-order valence-electron chi connectivity index (χ3n) is 4.82. The molecule has 0 aromatic heterocycles. The smallest absolute Gasteiger partial charge is 0.220 e. The van der Waals surface area contributed by atoms with E-state index < -0.39 is 5.82 Å². The Morgan fingerprint density at radius 3 is 2.68 bits per heavy atom. The molecule has 4 nitrogen and oxygen atoms in total. The summed E-state index contributed by atoms with van der Waals surface area (Å²) in [6, 6.07) is 5.85. The molecular formula is C17H23FN2O2. The second-order valence-corrected chi connectivity index (χ2v) is 6.54. The van der Waals surface area contributed by atoms with Gasteiger partial charge >= 0.3 is 0 Å². The molecule has 1 aromatic rings. The predicted molar refractivity (Wildman–Crippen MR) is 81.5 cm³/mol. The summed E-state index contributed by atoms with van der Waals surface area (Å²) in [6.07, 6.45) is 5.21. The van der Waals surface area contributed by atoms with E-state index in [1.165, 1.54) is 18.9 Å². The van der Waals surface area contributed by atoms with E-state index in [4.69, 9.17) is 5.11 Å². The Morgan fingerprint density at radius 2 is 2.05 bits per heavy atom. The summed E-state index contributed by atoms with van der Waals surface area (Å²) < 4.78 is 13.6. The number of benzene rings is 1. The SMILES string of the molecule is O=C(CC1CC2CCC(C1)N2)NCc1ccc(CO)c(F)c1. The Hall–Kier alpha value is -1.46. The van der Waals surface area contributed by atoms with Crippen molar-refractivity contribution in [2.45, 2.75) is 57.3 Å². The fourth-order valence-electron chi connectivity index (χ4n) is 3.71. The zero-order chi connectivity index (χ0) is 15.5. The van der Waals surface area contributed by atoms with Crippen molar-refractivity contribution in [3.63, 3.8) is 0 Å². The lowest BCUT2D eigenvalue weighted by atomic mass is 9.89. The molecule has 2 unspecified atom stereocenters. The number of fused-ring (bicyclic) bond motifs is 2. The van der Waals surface area contributed by atoms with Crippen LogP contribution in [0.3, 0.4) is 0 Å². The van der Waals surface area contributed by atoms with Gasteiger partial charge in [-0.3, -0.25) is 4.79 Å². The van der Waals surface area contributed by atoms with Gasteiger partial charge in [0.25, 0.3) is 0 Å². The molecule has 2 atom stereocenters. The number of carbonyl (C=O) groups is 1. The molecule has 2 fully saturated rings. The van der Waals surface area contributed by atoms with E-state index in [-0.39, 0.29) is 18.1 Å². The number of hydrogen-bond acceptors (Lipinski definition) is 3. The van der Waals surface area contributed by atoms with E-state index in [2.05, 4.69) is 10.6 Å². The van der Waals surface area contributed by atoms with E-state index in [0.29, 0.717) is 36.5 Å². The van der Waals surface area contributed by atoms with Crippen molar-refractivity contribution in [2.75, 3.05) is 0 Å². The lowest BCUT2D eigenvalue weighted by Gasteiger charge is -2.28. The van der Waals surface area contributed by atoms with Gasteiger partial charge in [-0.15, -0.1) is 0 Å². The molecule has 1 amide bonds. The van der Waals surface area contributed by atoms with Crippen LogP contribution in [0.4, 0.5) is 4.39 Å². The van der Waals surface area contributed by atoms with Crippen LogP contribution >= 0.6 is 0 Å². The molecule has 0 saturated carbocycles. The topological polar surface area (TPSA) is 61.4 Å². The molecular weight excluding hydrogens is 283 g/mol. The number of carbonyl (C=O) groups excluding carboxylic acids is 1. The van der Waals surface area contributed by atoms with Crippen LogP contribution in [0.5, 0.6) is 0 Å². The predicted octanol–water partition coefficient (Wildman–Crippen LogP) is 1.85. The van der Waals surface area contributed by atoms with Crippen molar-refractivity contribution in [2.24, 2.45) is 5.92 Å². The largest absolute Gasteiger partial charge is 0.392 e. The molecule has 2 bridgehead atoms. The lowest BCUT2D eigenvalue weighted by molar-refractivity contribution is -0.122. The standard InChI is InChI=1S/C17H23FN2O2/c18-16-7-11(1-2-13(16)10-21)9-19-17(22)8-12-5-14-3-4-15(6-12)20-14/h1-2,7,12,14-15,20-21H,3-6,8-10H2,(H,19,22). The van der Waals surface area contributed by atoms with Crippen LogP contribution in [0.1, 0.15) is 43.2 Å². The van der Waals surface area contributed by atoms with Crippen LogP contribution in [0, 0.1) is 11.7 Å². The van der Waals surface area contributed by atoms with Crippen molar-refractivity contribution >= 4 is 5.91 Å². The summed E-state index contributed by atoms with van der Waals surface area (Å²) in [5.74, 6) is 0.0781. The Morgan fingerprint density at radius 1 is 1.32 bits per heavy atom. The number of piperidine rings is 1. The first-order chi connectivity index (χ1) is 10.6. The first kappa shape index (κ1) is 15.4. The number of halogens is 1. The number of aliphatic hydroxyl groups is 1. The van der Waals surface area contributed by atoms with Crippen molar-refractivity contribution in [1.29, 1.82) is 0 Å². The highest BCUT2D eigenvalue weighted by molar-refractivity contribution is 5.76. The van der Waals surface area contributed by atoms with Crippen LogP contribution in [0.2, 0.25) is 0 Å². The van der Waals surface area contributed by atoms with E-state index >= 15 is 0 Å². The minimum Gasteiger partial charge on any atom is -0.392 e. The number of aliphatic hydroxyl groups excluding tert-OH is 1. The summed E-state index contributed by atoms with van der Waals surface area (Å²) in [5, 5.41) is 15.4. The maximum atomic E-state index is 13.6. The Balaban J connectivity index is 1.47. The van der Waals surface area contributed by atoms with Crippen LogP contribution in [0.25, 0.3) is 0 Å². The van der Waals surface area contributed by atoms with Crippen LogP contribution in [-0.2, 0) is 17.9 Å². The molecule has 3 rings (SSSR count). The average Bonchev–Trinajstić information content (AvgIpc) is 2.84. The van der Waals surface area contributed by atoms with Crippen molar-refractivity contribution in [3.8, 4) is 0 Å². The van der Waals surface area contributed by atoms with Crippen molar-refractivity contribution in [3.05, 3.63) is 35.1 Å².